The Kier molecular flexibility index (Phi) is 7.62. The number of piperazine rings is 1. The van der Waals surface area contributed by atoms with Gasteiger partial charge in [-0.05, 0) is 42.3 Å². The molecule has 1 N–H and O–H groups in total. The van der Waals surface area contributed by atoms with E-state index in [2.05, 4.69) is 34.7 Å². The molecule has 1 fully saturated rings. The highest BCUT2D eigenvalue weighted by Gasteiger charge is 2.22. The lowest BCUT2D eigenvalue weighted by atomic mass is 10.1. The molecule has 1 aliphatic rings. The Labute approximate surface area is 171 Å². The molecule has 0 aliphatic carbocycles. The lowest BCUT2D eigenvalue weighted by molar-refractivity contribution is -0.133. The molecule has 150 valence electrons. The molecule has 1 aliphatic heterocycles. The first-order chi connectivity index (χ1) is 13.7. The fraction of sp³-hybridized carbons (Fsp3) is 0.455. The van der Waals surface area contributed by atoms with Crippen LogP contribution in [0.15, 0.2) is 41.8 Å². The molecular formula is C22H29N3O2S. The monoisotopic (exact) mass is 399 g/mol. The minimum absolute atomic E-state index is 0.0108. The molecule has 5 nitrogen and oxygen atoms in total. The summed E-state index contributed by atoms with van der Waals surface area (Å²) in [7, 11) is 0. The van der Waals surface area contributed by atoms with Gasteiger partial charge in [0.05, 0.1) is 6.54 Å². The number of para-hydroxylation sites is 1. The van der Waals surface area contributed by atoms with Gasteiger partial charge in [0.1, 0.15) is 0 Å². The van der Waals surface area contributed by atoms with Crippen molar-refractivity contribution in [2.75, 3.05) is 38.0 Å². The fourth-order valence-corrected chi connectivity index (χ4v) is 4.28. The molecule has 0 radical (unpaired) electrons. The molecule has 0 atom stereocenters. The second-order valence-electron chi connectivity index (χ2n) is 7.15. The smallest absolute Gasteiger partial charge is 0.238 e. The molecule has 1 aromatic heterocycles. The summed E-state index contributed by atoms with van der Waals surface area (Å²) in [4.78, 5) is 30.2. The van der Waals surface area contributed by atoms with Crippen LogP contribution in [0.5, 0.6) is 0 Å². The van der Waals surface area contributed by atoms with Crippen LogP contribution in [0, 0.1) is 0 Å². The number of carbonyl (C=O) groups is 2. The summed E-state index contributed by atoms with van der Waals surface area (Å²) >= 11 is 1.75. The summed E-state index contributed by atoms with van der Waals surface area (Å²) in [5, 5.41) is 5.10. The SMILES string of the molecule is CCc1ccccc1NC(=O)CN1CCN(C(=O)CCCc2cccs2)CC1. The quantitative estimate of drug-likeness (QED) is 0.740. The van der Waals surface area contributed by atoms with E-state index in [1.807, 2.05) is 29.2 Å². The molecule has 1 saturated heterocycles. The molecule has 1 aromatic carbocycles. The van der Waals surface area contributed by atoms with E-state index in [0.29, 0.717) is 26.1 Å². The Morgan fingerprint density at radius 1 is 1.07 bits per heavy atom. The van der Waals surface area contributed by atoms with Gasteiger partial charge in [0, 0.05) is 43.2 Å². The molecule has 6 heteroatoms. The molecule has 0 unspecified atom stereocenters. The summed E-state index contributed by atoms with van der Waals surface area (Å²) in [6.45, 7) is 5.37. The van der Waals surface area contributed by atoms with E-state index < -0.39 is 0 Å². The van der Waals surface area contributed by atoms with Crippen LogP contribution in [0.3, 0.4) is 0 Å². The van der Waals surface area contributed by atoms with Crippen LogP contribution in [0.1, 0.15) is 30.2 Å². The maximum atomic E-state index is 12.4. The molecule has 2 amide bonds. The van der Waals surface area contributed by atoms with Crippen LogP contribution < -0.4 is 5.32 Å². The van der Waals surface area contributed by atoms with E-state index in [1.54, 1.807) is 11.3 Å². The van der Waals surface area contributed by atoms with Crippen LogP contribution in [0.25, 0.3) is 0 Å². The standard InChI is InChI=1S/C22H29N3O2S/c1-2-18-7-3-4-10-20(18)23-21(26)17-24-12-14-25(15-13-24)22(27)11-5-8-19-9-6-16-28-19/h3-4,6-7,9-10,16H,2,5,8,11-15,17H2,1H3,(H,23,26). The second kappa shape index (κ2) is 10.4. The summed E-state index contributed by atoms with van der Waals surface area (Å²) < 4.78 is 0. The Hall–Kier alpha value is -2.18. The second-order valence-corrected chi connectivity index (χ2v) is 8.18. The van der Waals surface area contributed by atoms with Gasteiger partial charge >= 0.3 is 0 Å². The number of hydrogen-bond donors (Lipinski definition) is 1. The van der Waals surface area contributed by atoms with Gasteiger partial charge in [-0.1, -0.05) is 31.2 Å². The lowest BCUT2D eigenvalue weighted by Gasteiger charge is -2.34. The van der Waals surface area contributed by atoms with Gasteiger partial charge in [-0.2, -0.15) is 0 Å². The topological polar surface area (TPSA) is 52.7 Å². The van der Waals surface area contributed by atoms with Gasteiger partial charge in [0.25, 0.3) is 0 Å². The van der Waals surface area contributed by atoms with Crippen LogP contribution >= 0.6 is 11.3 Å². The largest absolute Gasteiger partial charge is 0.340 e. The molecule has 2 aromatic rings. The Morgan fingerprint density at radius 3 is 2.57 bits per heavy atom. The van der Waals surface area contributed by atoms with Gasteiger partial charge < -0.3 is 10.2 Å². The molecule has 0 saturated carbocycles. The number of carbonyl (C=O) groups excluding carboxylic acids is 2. The van der Waals surface area contributed by atoms with Gasteiger partial charge in [0.15, 0.2) is 0 Å². The van der Waals surface area contributed by atoms with Crippen LogP contribution in [-0.2, 0) is 22.4 Å². The third kappa shape index (κ3) is 5.91. The Balaban J connectivity index is 1.37. The van der Waals surface area contributed by atoms with Crippen LogP contribution in [0.4, 0.5) is 5.69 Å². The van der Waals surface area contributed by atoms with Crippen molar-refractivity contribution in [3.05, 3.63) is 52.2 Å². The van der Waals surface area contributed by atoms with Crippen molar-refractivity contribution in [2.24, 2.45) is 0 Å². The van der Waals surface area contributed by atoms with E-state index in [9.17, 15) is 9.59 Å². The number of aryl methyl sites for hydroxylation is 2. The zero-order chi connectivity index (χ0) is 19.8. The third-order valence-corrected chi connectivity index (χ3v) is 6.09. The highest BCUT2D eigenvalue weighted by atomic mass is 32.1. The van der Waals surface area contributed by atoms with E-state index >= 15 is 0 Å². The average Bonchev–Trinajstić information content (AvgIpc) is 3.22. The molecule has 0 bridgehead atoms. The predicted octanol–water partition coefficient (Wildman–Crippen LogP) is 3.42. The third-order valence-electron chi connectivity index (χ3n) is 5.16. The van der Waals surface area contributed by atoms with Gasteiger partial charge in [-0.3, -0.25) is 14.5 Å². The zero-order valence-electron chi connectivity index (χ0n) is 16.5. The number of nitrogens with one attached hydrogen (secondary N) is 1. The Bertz CT molecular complexity index is 768. The zero-order valence-corrected chi connectivity index (χ0v) is 17.3. The summed E-state index contributed by atoms with van der Waals surface area (Å²) in [6.07, 6.45) is 3.37. The average molecular weight is 400 g/mol. The fourth-order valence-electron chi connectivity index (χ4n) is 3.53. The highest BCUT2D eigenvalue weighted by Crippen LogP contribution is 2.16. The van der Waals surface area contributed by atoms with Gasteiger partial charge in [-0.25, -0.2) is 0 Å². The number of anilines is 1. The first-order valence-electron chi connectivity index (χ1n) is 10.1. The van der Waals surface area contributed by atoms with Crippen molar-refractivity contribution in [2.45, 2.75) is 32.6 Å². The number of benzene rings is 1. The minimum Gasteiger partial charge on any atom is -0.340 e. The normalized spacial score (nSPS) is 14.8. The molecule has 2 heterocycles. The molecule has 0 spiro atoms. The van der Waals surface area contributed by atoms with Crippen molar-refractivity contribution in [1.82, 2.24) is 9.80 Å². The minimum atomic E-state index is 0.0108. The molecular weight excluding hydrogens is 370 g/mol. The summed E-state index contributed by atoms with van der Waals surface area (Å²) in [5.74, 6) is 0.245. The molecule has 3 rings (SSSR count). The maximum Gasteiger partial charge on any atom is 0.238 e. The lowest BCUT2D eigenvalue weighted by Crippen LogP contribution is -2.50. The first kappa shape index (κ1) is 20.6. The number of nitrogens with zero attached hydrogens (tertiary/aromatic N) is 2. The van der Waals surface area contributed by atoms with Crippen LogP contribution in [0.2, 0.25) is 0 Å². The van der Waals surface area contributed by atoms with Crippen molar-refractivity contribution in [1.29, 1.82) is 0 Å². The van der Waals surface area contributed by atoms with Gasteiger partial charge in [0.2, 0.25) is 11.8 Å². The van der Waals surface area contributed by atoms with E-state index in [1.165, 1.54) is 4.88 Å². The number of rotatable bonds is 8. The van der Waals surface area contributed by atoms with E-state index in [-0.39, 0.29) is 11.8 Å². The number of hydrogen-bond acceptors (Lipinski definition) is 4. The van der Waals surface area contributed by atoms with E-state index in [0.717, 1.165) is 43.6 Å². The van der Waals surface area contributed by atoms with Gasteiger partial charge in [-0.15, -0.1) is 11.3 Å². The van der Waals surface area contributed by atoms with Crippen molar-refractivity contribution in [3.63, 3.8) is 0 Å². The predicted molar refractivity (Wildman–Crippen MR) is 115 cm³/mol. The highest BCUT2D eigenvalue weighted by molar-refractivity contribution is 7.09. The number of thiophene rings is 1. The maximum absolute atomic E-state index is 12.4. The summed E-state index contributed by atoms with van der Waals surface area (Å²) in [6, 6.07) is 12.1. The van der Waals surface area contributed by atoms with Crippen LogP contribution in [-0.4, -0.2) is 54.3 Å². The Morgan fingerprint density at radius 2 is 1.86 bits per heavy atom. The van der Waals surface area contributed by atoms with E-state index in [4.69, 9.17) is 0 Å². The first-order valence-corrected chi connectivity index (χ1v) is 10.9. The summed E-state index contributed by atoms with van der Waals surface area (Å²) in [5.41, 5.74) is 2.04. The number of amides is 2. The van der Waals surface area contributed by atoms with Crippen molar-refractivity contribution < 1.29 is 9.59 Å². The van der Waals surface area contributed by atoms with Crippen molar-refractivity contribution in [3.8, 4) is 0 Å². The molecule has 28 heavy (non-hydrogen) atoms. The van der Waals surface area contributed by atoms with Crippen molar-refractivity contribution >= 4 is 28.8 Å².